The molecule has 0 aliphatic carbocycles. The molecule has 0 bridgehead atoms. The average molecular weight is 480 g/mol. The summed E-state index contributed by atoms with van der Waals surface area (Å²) in [6.45, 7) is 6.82. The van der Waals surface area contributed by atoms with Crippen LogP contribution in [0.1, 0.15) is 129 Å². The zero-order valence-electron chi connectivity index (χ0n) is 22.7. The molecule has 0 N–H and O–H groups in total. The molecule has 0 saturated carbocycles. The van der Waals surface area contributed by atoms with E-state index in [1.807, 2.05) is 4.90 Å². The number of carbonyl (C=O) groups excluding carboxylic acids is 2. The molecule has 34 heavy (non-hydrogen) atoms. The Balaban J connectivity index is 1.57. The fourth-order valence-electron chi connectivity index (χ4n) is 5.76. The summed E-state index contributed by atoms with van der Waals surface area (Å²) in [6, 6.07) is 0. The van der Waals surface area contributed by atoms with E-state index in [0.29, 0.717) is 19.4 Å². The Bertz CT molecular complexity index is 560. The molecule has 0 aromatic rings. The first-order chi connectivity index (χ1) is 16.5. The average Bonchev–Trinajstić information content (AvgIpc) is 3.21. The standard InChI is InChI=1S/C29H55N2O3/c1-3-4-5-6-7-8-9-10-11-12-13-14-16-21-29(33)34-27(25-30-22-19-20-28(30)32)26-31(2)23-17-15-18-24-31/h27H,3-26H2,1-2H3/q+1/t27-/m0/s1. The van der Waals surface area contributed by atoms with Gasteiger partial charge in [-0.1, -0.05) is 84.0 Å². The third-order valence-electron chi connectivity index (χ3n) is 7.92. The van der Waals surface area contributed by atoms with Crippen molar-refractivity contribution in [1.82, 2.24) is 4.90 Å². The van der Waals surface area contributed by atoms with Gasteiger partial charge in [0.2, 0.25) is 5.91 Å². The quantitative estimate of drug-likeness (QED) is 0.119. The summed E-state index contributed by atoms with van der Waals surface area (Å²) < 4.78 is 6.96. The maximum absolute atomic E-state index is 12.6. The summed E-state index contributed by atoms with van der Waals surface area (Å²) in [5.41, 5.74) is 0. The second-order valence-electron chi connectivity index (χ2n) is 11.4. The van der Waals surface area contributed by atoms with Gasteiger partial charge >= 0.3 is 5.97 Å². The Morgan fingerprint density at radius 1 is 0.853 bits per heavy atom. The highest BCUT2D eigenvalue weighted by Gasteiger charge is 2.33. The fraction of sp³-hybridized carbons (Fsp3) is 0.931. The summed E-state index contributed by atoms with van der Waals surface area (Å²) in [5.74, 6) is 0.155. The van der Waals surface area contributed by atoms with E-state index in [1.54, 1.807) is 0 Å². The second-order valence-corrected chi connectivity index (χ2v) is 11.4. The minimum absolute atomic E-state index is 0.0664. The molecule has 2 rings (SSSR count). The highest BCUT2D eigenvalue weighted by Crippen LogP contribution is 2.20. The number of hydrogen-bond acceptors (Lipinski definition) is 3. The van der Waals surface area contributed by atoms with Crippen molar-refractivity contribution in [3.8, 4) is 0 Å². The van der Waals surface area contributed by atoms with Gasteiger partial charge in [0.1, 0.15) is 6.54 Å². The molecule has 1 amide bonds. The van der Waals surface area contributed by atoms with E-state index in [2.05, 4.69) is 14.0 Å². The lowest BCUT2D eigenvalue weighted by molar-refractivity contribution is -0.916. The molecule has 0 unspecified atom stereocenters. The van der Waals surface area contributed by atoms with Gasteiger partial charge in [0.25, 0.3) is 0 Å². The number of hydrogen-bond donors (Lipinski definition) is 0. The Kier molecular flexibility index (Phi) is 14.9. The van der Waals surface area contributed by atoms with Crippen LogP contribution in [-0.2, 0) is 14.3 Å². The molecule has 0 aromatic carbocycles. The fourth-order valence-corrected chi connectivity index (χ4v) is 5.76. The van der Waals surface area contributed by atoms with Gasteiger partial charge in [-0.15, -0.1) is 0 Å². The Hall–Kier alpha value is -1.10. The second kappa shape index (κ2) is 17.3. The summed E-state index contributed by atoms with van der Waals surface area (Å²) in [4.78, 5) is 26.7. The summed E-state index contributed by atoms with van der Waals surface area (Å²) in [6.07, 6.45) is 22.7. The third-order valence-corrected chi connectivity index (χ3v) is 7.92. The zero-order valence-corrected chi connectivity index (χ0v) is 22.7. The van der Waals surface area contributed by atoms with Gasteiger partial charge in [0, 0.05) is 19.4 Å². The topological polar surface area (TPSA) is 46.6 Å². The molecule has 5 nitrogen and oxygen atoms in total. The largest absolute Gasteiger partial charge is 0.454 e. The van der Waals surface area contributed by atoms with Crippen LogP contribution in [0.15, 0.2) is 0 Å². The van der Waals surface area contributed by atoms with Crippen LogP contribution in [0.5, 0.6) is 0 Å². The molecule has 2 heterocycles. The van der Waals surface area contributed by atoms with E-state index in [0.717, 1.165) is 49.9 Å². The Labute approximate surface area is 210 Å². The van der Waals surface area contributed by atoms with E-state index in [1.165, 1.54) is 89.9 Å². The van der Waals surface area contributed by atoms with Crippen molar-refractivity contribution >= 4 is 11.9 Å². The molecular formula is C29H55N2O3+. The molecule has 0 spiro atoms. The lowest BCUT2D eigenvalue weighted by atomic mass is 10.0. The first kappa shape index (κ1) is 29.1. The van der Waals surface area contributed by atoms with E-state index in [4.69, 9.17) is 4.74 Å². The number of esters is 1. The third kappa shape index (κ3) is 12.6. The molecule has 198 valence electrons. The van der Waals surface area contributed by atoms with Gasteiger partial charge in [-0.25, -0.2) is 0 Å². The summed E-state index contributed by atoms with van der Waals surface area (Å²) in [5, 5.41) is 0. The van der Waals surface area contributed by atoms with Crippen molar-refractivity contribution < 1.29 is 18.8 Å². The van der Waals surface area contributed by atoms with Crippen LogP contribution in [0.2, 0.25) is 0 Å². The van der Waals surface area contributed by atoms with Gasteiger partial charge in [0.05, 0.1) is 26.7 Å². The van der Waals surface area contributed by atoms with Crippen LogP contribution < -0.4 is 0 Å². The maximum atomic E-state index is 12.6. The molecule has 0 radical (unpaired) electrons. The highest BCUT2D eigenvalue weighted by atomic mass is 16.5. The predicted octanol–water partition coefficient (Wildman–Crippen LogP) is 6.63. The predicted molar refractivity (Wildman–Crippen MR) is 141 cm³/mol. The minimum atomic E-state index is -0.167. The van der Waals surface area contributed by atoms with E-state index >= 15 is 0 Å². The number of rotatable bonds is 19. The summed E-state index contributed by atoms with van der Waals surface area (Å²) in [7, 11) is 2.29. The lowest BCUT2D eigenvalue weighted by Crippen LogP contribution is -2.54. The lowest BCUT2D eigenvalue weighted by Gasteiger charge is -2.40. The first-order valence-corrected chi connectivity index (χ1v) is 14.8. The molecule has 1 atom stereocenters. The van der Waals surface area contributed by atoms with Crippen molar-refractivity contribution in [2.24, 2.45) is 0 Å². The number of carbonyl (C=O) groups is 2. The first-order valence-electron chi connectivity index (χ1n) is 14.8. The van der Waals surface area contributed by atoms with Gasteiger partial charge in [-0.3, -0.25) is 9.59 Å². The molecular weight excluding hydrogens is 424 g/mol. The number of nitrogens with zero attached hydrogens (tertiary/aromatic N) is 2. The van der Waals surface area contributed by atoms with Crippen molar-refractivity contribution in [3.05, 3.63) is 0 Å². The number of piperidine rings is 1. The maximum Gasteiger partial charge on any atom is 0.306 e. The number of likely N-dealkylation sites (tertiary alicyclic amines) is 2. The van der Waals surface area contributed by atoms with Crippen molar-refractivity contribution in [3.63, 3.8) is 0 Å². The molecule has 2 aliphatic heterocycles. The number of likely N-dealkylation sites (N-methyl/N-ethyl adjacent to an activating group) is 1. The molecule has 2 aliphatic rings. The molecule has 0 aromatic heterocycles. The van der Waals surface area contributed by atoms with Crippen molar-refractivity contribution in [1.29, 1.82) is 0 Å². The Morgan fingerprint density at radius 3 is 1.94 bits per heavy atom. The van der Waals surface area contributed by atoms with Gasteiger partial charge in [0.15, 0.2) is 6.10 Å². The monoisotopic (exact) mass is 479 g/mol. The van der Waals surface area contributed by atoms with Gasteiger partial charge in [-0.2, -0.15) is 0 Å². The summed E-state index contributed by atoms with van der Waals surface area (Å²) >= 11 is 0. The van der Waals surface area contributed by atoms with Crippen LogP contribution in [0, 0.1) is 0 Å². The van der Waals surface area contributed by atoms with Gasteiger partial charge < -0.3 is 14.1 Å². The van der Waals surface area contributed by atoms with Crippen LogP contribution in [0.3, 0.4) is 0 Å². The Morgan fingerprint density at radius 2 is 1.41 bits per heavy atom. The molecule has 5 heteroatoms. The van der Waals surface area contributed by atoms with Crippen LogP contribution >= 0.6 is 0 Å². The number of quaternary nitrogens is 1. The van der Waals surface area contributed by atoms with Crippen LogP contribution in [-0.4, -0.2) is 67.1 Å². The van der Waals surface area contributed by atoms with E-state index in [-0.39, 0.29) is 18.0 Å². The van der Waals surface area contributed by atoms with E-state index in [9.17, 15) is 9.59 Å². The van der Waals surface area contributed by atoms with Crippen molar-refractivity contribution in [2.45, 2.75) is 135 Å². The SMILES string of the molecule is CCCCCCCCCCCCCCCC(=O)O[C@@H](CN1CCCC1=O)C[N+]1(C)CCCCC1. The molecule has 2 fully saturated rings. The number of amides is 1. The number of ether oxygens (including phenoxy) is 1. The smallest absolute Gasteiger partial charge is 0.306 e. The van der Waals surface area contributed by atoms with Crippen LogP contribution in [0.25, 0.3) is 0 Å². The van der Waals surface area contributed by atoms with Crippen molar-refractivity contribution in [2.75, 3.05) is 39.8 Å². The highest BCUT2D eigenvalue weighted by molar-refractivity contribution is 5.78. The molecule has 2 saturated heterocycles. The van der Waals surface area contributed by atoms with E-state index < -0.39 is 0 Å². The van der Waals surface area contributed by atoms with Crippen LogP contribution in [0.4, 0.5) is 0 Å². The normalized spacial score (nSPS) is 18.9. The van der Waals surface area contributed by atoms with Gasteiger partial charge in [-0.05, 0) is 32.1 Å². The zero-order chi connectivity index (χ0) is 24.5. The minimum Gasteiger partial charge on any atom is -0.454 e. The number of unbranched alkanes of at least 4 members (excludes halogenated alkanes) is 12.